The van der Waals surface area contributed by atoms with Crippen molar-refractivity contribution in [3.8, 4) is 0 Å². The van der Waals surface area contributed by atoms with E-state index in [0.29, 0.717) is 13.0 Å². The predicted octanol–water partition coefficient (Wildman–Crippen LogP) is 2.25. The molecule has 0 bridgehead atoms. The summed E-state index contributed by atoms with van der Waals surface area (Å²) in [6.07, 6.45) is 0.633. The maximum absolute atomic E-state index is 10.8. The quantitative estimate of drug-likeness (QED) is 0.636. The molecule has 0 aromatic carbocycles. The van der Waals surface area contributed by atoms with Crippen LogP contribution in [0.3, 0.4) is 0 Å². The number of thiophene rings is 1. The largest absolute Gasteiger partial charge is 0.275 e. The topological polar surface area (TPSA) is 41.6 Å². The van der Waals surface area contributed by atoms with Crippen LogP contribution in [-0.4, -0.2) is 17.2 Å². The number of carbonyl (C=O) groups excluding carboxylic acids is 1. The SMILES string of the molecule is Cc1ccsc1CNN(C=O)OC(C)(C)C. The van der Waals surface area contributed by atoms with Gasteiger partial charge >= 0.3 is 0 Å². The normalized spacial score (nSPS) is 11.5. The molecule has 0 atom stereocenters. The van der Waals surface area contributed by atoms with Crippen molar-refractivity contribution in [3.63, 3.8) is 0 Å². The van der Waals surface area contributed by atoms with Crippen molar-refractivity contribution in [2.24, 2.45) is 0 Å². The van der Waals surface area contributed by atoms with Gasteiger partial charge in [-0.1, -0.05) is 0 Å². The van der Waals surface area contributed by atoms with Crippen LogP contribution in [0.5, 0.6) is 0 Å². The third-order valence-corrected chi connectivity index (χ3v) is 2.85. The minimum atomic E-state index is -0.390. The summed E-state index contributed by atoms with van der Waals surface area (Å²) < 4.78 is 0. The van der Waals surface area contributed by atoms with Crippen LogP contribution >= 0.6 is 11.3 Å². The molecule has 0 spiro atoms. The zero-order valence-electron chi connectivity index (χ0n) is 10.1. The van der Waals surface area contributed by atoms with E-state index < -0.39 is 5.60 Å². The molecule has 16 heavy (non-hydrogen) atoms. The van der Waals surface area contributed by atoms with Gasteiger partial charge in [0, 0.05) is 4.88 Å². The second-order valence-electron chi connectivity index (χ2n) is 4.50. The first-order valence-electron chi connectivity index (χ1n) is 5.12. The Morgan fingerprint density at radius 1 is 1.56 bits per heavy atom. The summed E-state index contributed by atoms with van der Waals surface area (Å²) in [7, 11) is 0. The standard InChI is InChI=1S/C11H18N2O2S/c1-9-5-6-16-10(9)7-12-13(8-14)15-11(2,3)4/h5-6,8,12H,7H2,1-4H3. The molecular weight excluding hydrogens is 224 g/mol. The van der Waals surface area contributed by atoms with Gasteiger partial charge in [0.2, 0.25) is 6.41 Å². The molecule has 1 heterocycles. The number of amides is 1. The molecule has 1 aromatic heterocycles. The summed E-state index contributed by atoms with van der Waals surface area (Å²) in [6, 6.07) is 2.05. The molecule has 0 saturated heterocycles. The monoisotopic (exact) mass is 242 g/mol. The van der Waals surface area contributed by atoms with Crippen molar-refractivity contribution in [2.45, 2.75) is 39.8 Å². The van der Waals surface area contributed by atoms with Gasteiger partial charge in [-0.15, -0.1) is 11.3 Å². The van der Waals surface area contributed by atoms with Crippen LogP contribution in [0.25, 0.3) is 0 Å². The van der Waals surface area contributed by atoms with Crippen LogP contribution < -0.4 is 5.43 Å². The summed E-state index contributed by atoms with van der Waals surface area (Å²) >= 11 is 1.66. The minimum Gasteiger partial charge on any atom is -0.275 e. The van der Waals surface area contributed by atoms with Gasteiger partial charge in [-0.25, -0.2) is 10.3 Å². The summed E-state index contributed by atoms with van der Waals surface area (Å²) in [5.41, 5.74) is 3.75. The fourth-order valence-corrected chi connectivity index (χ4v) is 1.96. The van der Waals surface area contributed by atoms with E-state index in [-0.39, 0.29) is 0 Å². The molecule has 0 unspecified atom stereocenters. The van der Waals surface area contributed by atoms with E-state index >= 15 is 0 Å². The Bertz CT molecular complexity index is 344. The number of rotatable bonds is 5. The number of hydroxylamine groups is 1. The van der Waals surface area contributed by atoms with Crippen LogP contribution in [-0.2, 0) is 16.2 Å². The molecule has 1 N–H and O–H groups in total. The van der Waals surface area contributed by atoms with E-state index in [9.17, 15) is 4.79 Å². The highest BCUT2D eigenvalue weighted by Gasteiger charge is 2.16. The second-order valence-corrected chi connectivity index (χ2v) is 5.50. The van der Waals surface area contributed by atoms with Crippen molar-refractivity contribution in [3.05, 3.63) is 21.9 Å². The van der Waals surface area contributed by atoms with Gasteiger partial charge in [0.1, 0.15) is 0 Å². The molecule has 1 amide bonds. The van der Waals surface area contributed by atoms with Crippen LogP contribution in [0.4, 0.5) is 0 Å². The lowest BCUT2D eigenvalue weighted by Gasteiger charge is -2.26. The Morgan fingerprint density at radius 3 is 2.69 bits per heavy atom. The molecule has 4 nitrogen and oxygen atoms in total. The zero-order valence-corrected chi connectivity index (χ0v) is 10.9. The van der Waals surface area contributed by atoms with E-state index in [1.54, 1.807) is 11.3 Å². The van der Waals surface area contributed by atoms with Crippen molar-refractivity contribution in [1.29, 1.82) is 0 Å². The Morgan fingerprint density at radius 2 is 2.25 bits per heavy atom. The first-order chi connectivity index (χ1) is 7.42. The lowest BCUT2D eigenvalue weighted by atomic mass is 10.2. The minimum absolute atomic E-state index is 0.390. The van der Waals surface area contributed by atoms with E-state index in [4.69, 9.17) is 4.84 Å². The van der Waals surface area contributed by atoms with Gasteiger partial charge in [-0.2, -0.15) is 5.17 Å². The molecule has 0 radical (unpaired) electrons. The molecule has 1 aromatic rings. The first kappa shape index (κ1) is 13.2. The molecule has 5 heteroatoms. The van der Waals surface area contributed by atoms with Crippen LogP contribution in [0, 0.1) is 6.92 Å². The maximum Gasteiger partial charge on any atom is 0.249 e. The number of aryl methyl sites for hydroxylation is 1. The second kappa shape index (κ2) is 5.43. The van der Waals surface area contributed by atoms with Crippen LogP contribution in [0.15, 0.2) is 11.4 Å². The maximum atomic E-state index is 10.8. The number of carbonyl (C=O) groups is 1. The molecule has 0 aliphatic carbocycles. The molecular formula is C11H18N2O2S. The Hall–Kier alpha value is -0.910. The third-order valence-electron chi connectivity index (χ3n) is 1.83. The summed E-state index contributed by atoms with van der Waals surface area (Å²) in [4.78, 5) is 17.4. The molecule has 0 aliphatic rings. The van der Waals surface area contributed by atoms with Crippen molar-refractivity contribution < 1.29 is 9.63 Å². The first-order valence-corrected chi connectivity index (χ1v) is 6.00. The van der Waals surface area contributed by atoms with Gasteiger partial charge in [0.25, 0.3) is 0 Å². The number of hydrogen-bond donors (Lipinski definition) is 1. The van der Waals surface area contributed by atoms with Crippen LogP contribution in [0.2, 0.25) is 0 Å². The van der Waals surface area contributed by atoms with Gasteiger partial charge in [0.05, 0.1) is 12.1 Å². The number of hydrazine groups is 1. The molecule has 0 fully saturated rings. The van der Waals surface area contributed by atoms with E-state index in [2.05, 4.69) is 11.5 Å². The summed E-state index contributed by atoms with van der Waals surface area (Å²) in [5, 5.41) is 3.15. The fourth-order valence-electron chi connectivity index (χ4n) is 1.12. The predicted molar refractivity (Wildman–Crippen MR) is 64.6 cm³/mol. The van der Waals surface area contributed by atoms with Crippen molar-refractivity contribution in [2.75, 3.05) is 0 Å². The van der Waals surface area contributed by atoms with E-state index in [0.717, 1.165) is 5.17 Å². The van der Waals surface area contributed by atoms with Crippen LogP contribution in [0.1, 0.15) is 31.2 Å². The van der Waals surface area contributed by atoms with E-state index in [1.165, 1.54) is 10.4 Å². The van der Waals surface area contributed by atoms with Gasteiger partial charge in [-0.3, -0.25) is 4.79 Å². The zero-order chi connectivity index (χ0) is 12.2. The average molecular weight is 242 g/mol. The Balaban J connectivity index is 2.46. The highest BCUT2D eigenvalue weighted by molar-refractivity contribution is 7.10. The molecule has 0 saturated carbocycles. The van der Waals surface area contributed by atoms with Gasteiger partial charge in [-0.05, 0) is 44.7 Å². The smallest absolute Gasteiger partial charge is 0.249 e. The molecule has 1 rings (SSSR count). The van der Waals surface area contributed by atoms with Crippen molar-refractivity contribution in [1.82, 2.24) is 10.6 Å². The highest BCUT2D eigenvalue weighted by atomic mass is 32.1. The summed E-state index contributed by atoms with van der Waals surface area (Å²) in [6.45, 7) is 8.31. The van der Waals surface area contributed by atoms with Gasteiger partial charge in [0.15, 0.2) is 0 Å². The molecule has 0 aliphatic heterocycles. The number of nitrogens with zero attached hydrogens (tertiary/aromatic N) is 1. The third kappa shape index (κ3) is 4.30. The number of nitrogens with one attached hydrogen (secondary N) is 1. The lowest BCUT2D eigenvalue weighted by molar-refractivity contribution is -0.239. The van der Waals surface area contributed by atoms with Gasteiger partial charge < -0.3 is 0 Å². The summed E-state index contributed by atoms with van der Waals surface area (Å²) in [5.74, 6) is 0. The molecule has 90 valence electrons. The Labute approximate surface area is 100 Å². The van der Waals surface area contributed by atoms with Crippen molar-refractivity contribution >= 4 is 17.7 Å². The lowest BCUT2D eigenvalue weighted by Crippen LogP contribution is -2.42. The fraction of sp³-hybridized carbons (Fsp3) is 0.545. The number of hydrogen-bond acceptors (Lipinski definition) is 4. The Kier molecular flexibility index (Phi) is 4.46. The van der Waals surface area contributed by atoms with E-state index in [1.807, 2.05) is 33.1 Å². The highest BCUT2D eigenvalue weighted by Crippen LogP contribution is 2.15. The average Bonchev–Trinajstić information content (AvgIpc) is 2.57.